The summed E-state index contributed by atoms with van der Waals surface area (Å²) in [5.74, 6) is 0.674. The van der Waals surface area contributed by atoms with Crippen molar-refractivity contribution in [3.05, 3.63) is 29.8 Å². The molecular weight excluding hydrogens is 252 g/mol. The topological polar surface area (TPSA) is 49.7 Å². The van der Waals surface area contributed by atoms with E-state index in [1.807, 2.05) is 38.1 Å². The number of aliphatic hydroxyl groups is 2. The van der Waals surface area contributed by atoms with Gasteiger partial charge in [-0.15, -0.1) is 0 Å². The van der Waals surface area contributed by atoms with E-state index in [4.69, 9.17) is 4.74 Å². The van der Waals surface area contributed by atoms with Crippen molar-refractivity contribution in [1.29, 1.82) is 0 Å². The summed E-state index contributed by atoms with van der Waals surface area (Å²) in [5.41, 5.74) is -0.321. The fraction of sp³-hybridized carbons (Fsp3) is 0.647. The third-order valence-electron chi connectivity index (χ3n) is 4.05. The van der Waals surface area contributed by atoms with Gasteiger partial charge in [0, 0.05) is 5.56 Å². The second-order valence-corrected chi connectivity index (χ2v) is 6.12. The van der Waals surface area contributed by atoms with Crippen molar-refractivity contribution in [3.63, 3.8) is 0 Å². The molecule has 0 bridgehead atoms. The number of ether oxygens (including phenoxy) is 1. The minimum absolute atomic E-state index is 0.0483. The Hall–Kier alpha value is -1.06. The first-order valence-corrected chi connectivity index (χ1v) is 7.69. The van der Waals surface area contributed by atoms with Crippen LogP contribution in [0.1, 0.15) is 64.0 Å². The van der Waals surface area contributed by atoms with Crippen molar-refractivity contribution in [3.8, 4) is 5.75 Å². The summed E-state index contributed by atoms with van der Waals surface area (Å²) in [4.78, 5) is 0. The Labute approximate surface area is 121 Å². The molecule has 0 radical (unpaired) electrons. The highest BCUT2D eigenvalue weighted by Gasteiger charge is 2.38. The molecule has 0 spiro atoms. The quantitative estimate of drug-likeness (QED) is 0.827. The van der Waals surface area contributed by atoms with Gasteiger partial charge in [0.05, 0.1) is 11.7 Å². The van der Waals surface area contributed by atoms with Crippen molar-refractivity contribution in [2.45, 2.75) is 70.2 Å². The highest BCUT2D eigenvalue weighted by Crippen LogP contribution is 2.40. The van der Waals surface area contributed by atoms with Crippen molar-refractivity contribution < 1.29 is 14.9 Å². The van der Waals surface area contributed by atoms with Gasteiger partial charge in [-0.3, -0.25) is 0 Å². The molecule has 0 aliphatic heterocycles. The molecule has 1 saturated carbocycles. The average Bonchev–Trinajstić information content (AvgIpc) is 2.64. The maximum Gasteiger partial charge on any atom is 0.125 e. The number of rotatable bonds is 4. The standard InChI is InChI=1S/C17H26O3/c1-13(2)20-15-10-6-5-9-14(15)16(18)17(19)11-7-3-4-8-12-17/h5-6,9-10,13,16,18-19H,3-4,7-8,11-12H2,1-2H3. The van der Waals surface area contributed by atoms with Gasteiger partial charge >= 0.3 is 0 Å². The van der Waals surface area contributed by atoms with E-state index in [0.717, 1.165) is 25.7 Å². The molecule has 0 heterocycles. The van der Waals surface area contributed by atoms with Crippen LogP contribution in [0.3, 0.4) is 0 Å². The predicted molar refractivity (Wildman–Crippen MR) is 79.8 cm³/mol. The average molecular weight is 278 g/mol. The second-order valence-electron chi connectivity index (χ2n) is 6.12. The van der Waals surface area contributed by atoms with E-state index in [2.05, 4.69) is 0 Å². The lowest BCUT2D eigenvalue weighted by atomic mass is 9.84. The van der Waals surface area contributed by atoms with Gasteiger partial charge in [-0.1, -0.05) is 43.9 Å². The zero-order chi connectivity index (χ0) is 14.6. The molecule has 3 nitrogen and oxygen atoms in total. The molecule has 2 rings (SSSR count). The molecule has 1 aliphatic carbocycles. The molecule has 20 heavy (non-hydrogen) atoms. The van der Waals surface area contributed by atoms with Crippen LogP contribution in [0.5, 0.6) is 5.75 Å². The Morgan fingerprint density at radius 1 is 1.05 bits per heavy atom. The van der Waals surface area contributed by atoms with Crippen LogP contribution in [0, 0.1) is 0 Å². The largest absolute Gasteiger partial charge is 0.491 e. The van der Waals surface area contributed by atoms with Crippen LogP contribution in [0.25, 0.3) is 0 Å². The number of hydrogen-bond acceptors (Lipinski definition) is 3. The van der Waals surface area contributed by atoms with Gasteiger partial charge in [0.2, 0.25) is 0 Å². The van der Waals surface area contributed by atoms with E-state index in [0.29, 0.717) is 24.2 Å². The molecule has 0 saturated heterocycles. The lowest BCUT2D eigenvalue weighted by Gasteiger charge is -2.33. The van der Waals surface area contributed by atoms with E-state index < -0.39 is 11.7 Å². The maximum atomic E-state index is 10.8. The number of para-hydroxylation sites is 1. The summed E-state index contributed by atoms with van der Waals surface area (Å²) in [7, 11) is 0. The minimum atomic E-state index is -1.02. The number of benzene rings is 1. The third-order valence-corrected chi connectivity index (χ3v) is 4.05. The van der Waals surface area contributed by atoms with Crippen LogP contribution in [0.4, 0.5) is 0 Å². The first kappa shape index (κ1) is 15.3. The van der Waals surface area contributed by atoms with Crippen molar-refractivity contribution >= 4 is 0 Å². The molecule has 2 N–H and O–H groups in total. The lowest BCUT2D eigenvalue weighted by molar-refractivity contribution is -0.0877. The van der Waals surface area contributed by atoms with E-state index in [-0.39, 0.29) is 6.10 Å². The van der Waals surface area contributed by atoms with Crippen LogP contribution in [-0.2, 0) is 0 Å². The smallest absolute Gasteiger partial charge is 0.125 e. The fourth-order valence-electron chi connectivity index (χ4n) is 2.97. The van der Waals surface area contributed by atoms with Crippen LogP contribution in [0.2, 0.25) is 0 Å². The Bertz CT molecular complexity index is 420. The second kappa shape index (κ2) is 6.59. The van der Waals surface area contributed by atoms with Crippen LogP contribution in [0.15, 0.2) is 24.3 Å². The van der Waals surface area contributed by atoms with Gasteiger partial charge < -0.3 is 14.9 Å². The van der Waals surface area contributed by atoms with Crippen molar-refractivity contribution in [2.75, 3.05) is 0 Å². The van der Waals surface area contributed by atoms with Crippen molar-refractivity contribution in [1.82, 2.24) is 0 Å². The van der Waals surface area contributed by atoms with Crippen molar-refractivity contribution in [2.24, 2.45) is 0 Å². The molecule has 112 valence electrons. The SMILES string of the molecule is CC(C)Oc1ccccc1C(O)C1(O)CCCCCC1. The predicted octanol–water partition coefficient (Wildman–Crippen LogP) is 3.59. The molecule has 3 heteroatoms. The summed E-state index contributed by atoms with van der Waals surface area (Å²) in [6, 6.07) is 7.49. The monoisotopic (exact) mass is 278 g/mol. The molecule has 1 aliphatic rings. The summed E-state index contributed by atoms with van der Waals surface area (Å²) < 4.78 is 5.76. The zero-order valence-electron chi connectivity index (χ0n) is 12.5. The summed E-state index contributed by atoms with van der Waals surface area (Å²) in [6.07, 6.45) is 4.71. The van der Waals surface area contributed by atoms with Gasteiger partial charge in [0.25, 0.3) is 0 Å². The summed E-state index contributed by atoms with van der Waals surface area (Å²) in [5, 5.41) is 21.5. The molecule has 0 aromatic heterocycles. The molecule has 1 atom stereocenters. The molecule has 1 fully saturated rings. The van der Waals surface area contributed by atoms with Crippen LogP contribution < -0.4 is 4.74 Å². The number of hydrogen-bond donors (Lipinski definition) is 2. The first-order valence-electron chi connectivity index (χ1n) is 7.69. The van der Waals surface area contributed by atoms with E-state index >= 15 is 0 Å². The first-order chi connectivity index (χ1) is 9.53. The summed E-state index contributed by atoms with van der Waals surface area (Å²) >= 11 is 0. The lowest BCUT2D eigenvalue weighted by Crippen LogP contribution is -2.36. The molecular formula is C17H26O3. The maximum absolute atomic E-state index is 10.8. The Morgan fingerprint density at radius 2 is 1.65 bits per heavy atom. The van der Waals surface area contributed by atoms with Crippen LogP contribution in [-0.4, -0.2) is 21.9 Å². The Balaban J connectivity index is 2.25. The number of aliphatic hydroxyl groups excluding tert-OH is 1. The normalized spacial score (nSPS) is 20.4. The fourth-order valence-corrected chi connectivity index (χ4v) is 2.97. The third kappa shape index (κ3) is 3.53. The van der Waals surface area contributed by atoms with Gasteiger partial charge in [0.1, 0.15) is 11.9 Å². The zero-order valence-corrected chi connectivity index (χ0v) is 12.5. The molecule has 1 unspecified atom stereocenters. The highest BCUT2D eigenvalue weighted by atomic mass is 16.5. The highest BCUT2D eigenvalue weighted by molar-refractivity contribution is 5.36. The van der Waals surface area contributed by atoms with Gasteiger partial charge in [0.15, 0.2) is 0 Å². The van der Waals surface area contributed by atoms with Gasteiger partial charge in [-0.05, 0) is 32.8 Å². The van der Waals surface area contributed by atoms with Crippen LogP contribution >= 0.6 is 0 Å². The molecule has 1 aromatic rings. The summed E-state index contributed by atoms with van der Waals surface area (Å²) in [6.45, 7) is 3.92. The van der Waals surface area contributed by atoms with E-state index in [1.165, 1.54) is 0 Å². The Kier molecular flexibility index (Phi) is 5.06. The van der Waals surface area contributed by atoms with Gasteiger partial charge in [-0.2, -0.15) is 0 Å². The Morgan fingerprint density at radius 3 is 2.25 bits per heavy atom. The molecule has 1 aromatic carbocycles. The minimum Gasteiger partial charge on any atom is -0.491 e. The van der Waals surface area contributed by atoms with Gasteiger partial charge in [-0.25, -0.2) is 0 Å². The van der Waals surface area contributed by atoms with E-state index in [1.54, 1.807) is 0 Å². The molecule has 0 amide bonds. The van der Waals surface area contributed by atoms with E-state index in [9.17, 15) is 10.2 Å².